The fourth-order valence-corrected chi connectivity index (χ4v) is 5.52. The van der Waals surface area contributed by atoms with Gasteiger partial charge in [0.2, 0.25) is 0 Å². The van der Waals surface area contributed by atoms with Crippen LogP contribution in [0.15, 0.2) is 46.4 Å². The number of aromatic nitrogens is 1. The third-order valence-corrected chi connectivity index (χ3v) is 7.21. The number of aliphatic imine (C=N–C) groups is 2. The third kappa shape index (κ3) is 10.8. The van der Waals surface area contributed by atoms with Crippen LogP contribution in [0.4, 0.5) is 11.4 Å². The Balaban J connectivity index is 0.00000560. The van der Waals surface area contributed by atoms with Gasteiger partial charge < -0.3 is 24.8 Å². The number of aryl methyl sites for hydroxylation is 6. The quantitative estimate of drug-likeness (QED) is 0.208. The average Bonchev–Trinajstić information content (AvgIpc) is 2.88. The summed E-state index contributed by atoms with van der Waals surface area (Å²) in [4.78, 5) is 15.4. The van der Waals surface area contributed by atoms with Crippen LogP contribution in [-0.4, -0.2) is 16.4 Å². The van der Waals surface area contributed by atoms with Gasteiger partial charge in [-0.25, -0.2) is 4.98 Å². The van der Waals surface area contributed by atoms with Gasteiger partial charge in [-0.05, 0) is 87.8 Å². The first-order valence-corrected chi connectivity index (χ1v) is 15.1. The summed E-state index contributed by atoms with van der Waals surface area (Å²) in [5.74, 6) is 0. The van der Waals surface area contributed by atoms with Crippen LogP contribution >= 0.6 is 11.6 Å². The van der Waals surface area contributed by atoms with Gasteiger partial charge >= 0.3 is 17.1 Å². The van der Waals surface area contributed by atoms with E-state index in [-0.39, 0.29) is 41.9 Å². The van der Waals surface area contributed by atoms with Crippen molar-refractivity contribution in [2.75, 3.05) is 0 Å². The second kappa shape index (κ2) is 19.6. The van der Waals surface area contributed by atoms with Crippen LogP contribution in [0, 0.1) is 13.8 Å². The van der Waals surface area contributed by atoms with Crippen molar-refractivity contribution >= 4 is 34.4 Å². The van der Waals surface area contributed by atoms with Gasteiger partial charge in [0.05, 0.1) is 34.2 Å². The van der Waals surface area contributed by atoms with E-state index in [0.29, 0.717) is 5.02 Å². The second-order valence-corrected chi connectivity index (χ2v) is 11.3. The van der Waals surface area contributed by atoms with Crippen LogP contribution in [-0.2, 0) is 42.8 Å². The normalized spacial score (nSPS) is 11.5. The van der Waals surface area contributed by atoms with E-state index >= 15 is 0 Å². The van der Waals surface area contributed by atoms with Gasteiger partial charge in [0.1, 0.15) is 0 Å². The standard InChI is InChI=1S/C35H46ClN3.2ClH.Fe/c1-9-13-27-17-23(5)18-28(14-10-2)34(27)37-25(7)32-21-31(36)22-33(39-32)26(8)38-35-29(15-11-3)19-24(6)20-30(35)16-12-4;;;/h17-22H,9-16H2,1-8H3;2*1H;/q;;;+2/p-2. The number of hydrogen-bond acceptors (Lipinski definition) is 3. The van der Waals surface area contributed by atoms with E-state index in [0.717, 1.165) is 85.6 Å². The number of pyridine rings is 1. The third-order valence-electron chi connectivity index (χ3n) is 6.99. The molecule has 0 unspecified atom stereocenters. The van der Waals surface area contributed by atoms with Crippen LogP contribution in [0.25, 0.3) is 0 Å². The molecule has 1 heterocycles. The fourth-order valence-electron chi connectivity index (χ4n) is 5.31. The Bertz CT molecular complexity index is 1210. The molecule has 1 aromatic heterocycles. The number of rotatable bonds is 12. The summed E-state index contributed by atoms with van der Waals surface area (Å²) in [5, 5.41) is 0.650. The van der Waals surface area contributed by atoms with E-state index in [2.05, 4.69) is 65.8 Å². The van der Waals surface area contributed by atoms with Crippen molar-refractivity contribution < 1.29 is 41.9 Å². The van der Waals surface area contributed by atoms with Gasteiger partial charge in [-0.2, -0.15) is 0 Å². The summed E-state index contributed by atoms with van der Waals surface area (Å²) in [5.41, 5.74) is 13.4. The molecule has 0 radical (unpaired) electrons. The molecule has 0 saturated heterocycles. The molecule has 7 heteroatoms. The molecule has 0 aliphatic carbocycles. The van der Waals surface area contributed by atoms with Crippen molar-refractivity contribution in [1.82, 2.24) is 4.98 Å². The molecule has 3 rings (SSSR count). The Morgan fingerprint density at radius 3 is 1.14 bits per heavy atom. The molecule has 0 aliphatic rings. The number of hydrogen-bond donors (Lipinski definition) is 0. The largest absolute Gasteiger partial charge is 2.00 e. The molecule has 0 saturated carbocycles. The maximum absolute atomic E-state index is 6.66. The number of nitrogens with zero attached hydrogens (tertiary/aromatic N) is 3. The monoisotopic (exact) mass is 669 g/mol. The number of halogens is 3. The van der Waals surface area contributed by atoms with Gasteiger partial charge in [-0.1, -0.05) is 100 Å². The SMILES string of the molecule is CCCc1cc(C)cc(CCC)c1N=C(C)c1cc(Cl)cc(C(C)=Nc2c(CCC)cc(C)cc2CCC)n1.[Cl-].[Cl-].[Fe+2]. The topological polar surface area (TPSA) is 37.6 Å². The van der Waals surface area contributed by atoms with E-state index in [1.807, 2.05) is 26.0 Å². The first kappa shape index (κ1) is 40.3. The summed E-state index contributed by atoms with van der Waals surface area (Å²) in [6.45, 7) is 17.3. The van der Waals surface area contributed by atoms with Crippen LogP contribution in [0.5, 0.6) is 0 Å². The predicted octanol–water partition coefficient (Wildman–Crippen LogP) is 4.45. The molecule has 0 N–H and O–H groups in total. The van der Waals surface area contributed by atoms with E-state index in [4.69, 9.17) is 26.6 Å². The van der Waals surface area contributed by atoms with E-state index in [1.165, 1.54) is 33.4 Å². The van der Waals surface area contributed by atoms with Gasteiger partial charge in [0, 0.05) is 5.02 Å². The average molecular weight is 671 g/mol. The molecule has 0 bridgehead atoms. The molecule has 0 atom stereocenters. The van der Waals surface area contributed by atoms with Crippen molar-refractivity contribution in [1.29, 1.82) is 0 Å². The molecule has 0 amide bonds. The Morgan fingerprint density at radius 1 is 0.595 bits per heavy atom. The fraction of sp³-hybridized carbons (Fsp3) is 0.457. The molecule has 3 aromatic rings. The first-order valence-electron chi connectivity index (χ1n) is 14.7. The zero-order valence-corrected chi connectivity index (χ0v) is 29.8. The molecule has 3 nitrogen and oxygen atoms in total. The number of benzene rings is 2. The minimum atomic E-state index is 0. The first-order chi connectivity index (χ1) is 18.7. The van der Waals surface area contributed by atoms with Crippen LogP contribution in [0.2, 0.25) is 5.02 Å². The Labute approximate surface area is 282 Å². The summed E-state index contributed by atoms with van der Waals surface area (Å²) in [6.07, 6.45) is 8.41. The van der Waals surface area contributed by atoms with Gasteiger partial charge in [0.15, 0.2) is 0 Å². The van der Waals surface area contributed by atoms with Gasteiger partial charge in [-0.3, -0.25) is 9.98 Å². The summed E-state index contributed by atoms with van der Waals surface area (Å²) in [6, 6.07) is 13.0. The zero-order chi connectivity index (χ0) is 28.5. The molecule has 0 aliphatic heterocycles. The van der Waals surface area contributed by atoms with Crippen molar-refractivity contribution in [2.45, 2.75) is 107 Å². The van der Waals surface area contributed by atoms with E-state index < -0.39 is 0 Å². The molecular weight excluding hydrogens is 625 g/mol. The summed E-state index contributed by atoms with van der Waals surface area (Å²) in [7, 11) is 0. The minimum absolute atomic E-state index is 0. The smallest absolute Gasteiger partial charge is 1.00 e. The predicted molar refractivity (Wildman–Crippen MR) is 171 cm³/mol. The maximum Gasteiger partial charge on any atom is 2.00 e. The Morgan fingerprint density at radius 2 is 0.881 bits per heavy atom. The molecular formula is C35H46Cl3FeN3. The van der Waals surface area contributed by atoms with Crippen molar-refractivity contribution in [3.8, 4) is 0 Å². The maximum atomic E-state index is 6.66. The van der Waals surface area contributed by atoms with E-state index in [9.17, 15) is 0 Å². The van der Waals surface area contributed by atoms with Gasteiger partial charge in [0.25, 0.3) is 0 Å². The van der Waals surface area contributed by atoms with Crippen molar-refractivity contribution in [3.05, 3.63) is 86.2 Å². The summed E-state index contributed by atoms with van der Waals surface area (Å²) < 4.78 is 0. The van der Waals surface area contributed by atoms with Crippen LogP contribution in [0.3, 0.4) is 0 Å². The minimum Gasteiger partial charge on any atom is -1.00 e. The Hall–Kier alpha value is -1.68. The van der Waals surface area contributed by atoms with Crippen molar-refractivity contribution in [3.63, 3.8) is 0 Å². The van der Waals surface area contributed by atoms with Crippen LogP contribution in [0.1, 0.15) is 112 Å². The van der Waals surface area contributed by atoms with Crippen LogP contribution < -0.4 is 24.8 Å². The molecule has 0 fully saturated rings. The summed E-state index contributed by atoms with van der Waals surface area (Å²) >= 11 is 6.66. The van der Waals surface area contributed by atoms with Gasteiger partial charge in [-0.15, -0.1) is 0 Å². The zero-order valence-electron chi connectivity index (χ0n) is 26.5. The molecule has 42 heavy (non-hydrogen) atoms. The second-order valence-electron chi connectivity index (χ2n) is 10.8. The Kier molecular flexibility index (Phi) is 18.8. The molecule has 2 aromatic carbocycles. The van der Waals surface area contributed by atoms with E-state index in [1.54, 1.807) is 0 Å². The molecule has 230 valence electrons. The molecule has 0 spiro atoms. The van der Waals surface area contributed by atoms with Crippen molar-refractivity contribution in [2.24, 2.45) is 9.98 Å².